The minimum atomic E-state index is -0.574. The third-order valence-electron chi connectivity index (χ3n) is 2.90. The van der Waals surface area contributed by atoms with Crippen LogP contribution in [0.15, 0.2) is 42.6 Å². The summed E-state index contributed by atoms with van der Waals surface area (Å²) >= 11 is 0. The van der Waals surface area contributed by atoms with E-state index in [1.54, 1.807) is 37.6 Å². The van der Waals surface area contributed by atoms with E-state index >= 15 is 0 Å². The number of carbonyl (C=O) groups is 2. The van der Waals surface area contributed by atoms with Crippen molar-refractivity contribution in [2.45, 2.75) is 0 Å². The fraction of sp³-hybridized carbons (Fsp3) is 0.250. The van der Waals surface area contributed by atoms with Crippen molar-refractivity contribution < 1.29 is 23.8 Å². The number of hydrogen-bond acceptors (Lipinski definition) is 5. The molecular weight excluding hydrogens is 300 g/mol. The number of aromatic nitrogens is 1. The number of hydrogen-bond donors (Lipinski definition) is 2. The third kappa shape index (κ3) is 5.06. The fourth-order valence-electron chi connectivity index (χ4n) is 1.81. The van der Waals surface area contributed by atoms with E-state index in [9.17, 15) is 9.59 Å². The Kier molecular flexibility index (Phi) is 6.05. The Morgan fingerprint density at radius 1 is 1.13 bits per heavy atom. The molecule has 0 aliphatic heterocycles. The highest BCUT2D eigenvalue weighted by Crippen LogP contribution is 2.25. The van der Waals surface area contributed by atoms with E-state index in [-0.39, 0.29) is 19.8 Å². The second-order valence-electron chi connectivity index (χ2n) is 4.51. The first-order chi connectivity index (χ1) is 11.2. The Morgan fingerprint density at radius 2 is 1.91 bits per heavy atom. The summed E-state index contributed by atoms with van der Waals surface area (Å²) in [6, 6.07) is 10.5. The van der Waals surface area contributed by atoms with Gasteiger partial charge in [-0.05, 0) is 24.3 Å². The molecule has 0 fully saturated rings. The number of benzene rings is 1. The Hall–Kier alpha value is -2.96. The highest BCUT2D eigenvalue weighted by molar-refractivity contribution is 5.89. The lowest BCUT2D eigenvalue weighted by atomic mass is 10.3. The van der Waals surface area contributed by atoms with Crippen molar-refractivity contribution in [3.8, 4) is 11.5 Å². The van der Waals surface area contributed by atoms with Crippen LogP contribution < -0.4 is 14.8 Å². The van der Waals surface area contributed by atoms with Crippen molar-refractivity contribution >= 4 is 11.9 Å². The topological polar surface area (TPSA) is 89.7 Å². The normalized spacial score (nSPS) is 9.96. The molecule has 23 heavy (non-hydrogen) atoms. The van der Waals surface area contributed by atoms with E-state index in [0.717, 1.165) is 0 Å². The van der Waals surface area contributed by atoms with Crippen LogP contribution in [0.1, 0.15) is 10.5 Å². The molecule has 0 radical (unpaired) electrons. The summed E-state index contributed by atoms with van der Waals surface area (Å²) in [6.45, 7) is 0.222. The molecule has 2 aromatic rings. The Morgan fingerprint density at radius 3 is 2.61 bits per heavy atom. The standard InChI is InChI=1S/C16H18N2O5/c1-21-13-6-2-3-7-14(13)22-10-9-18-15(19)11-23-16(20)12-5-4-8-17-12/h2-8,17H,9-11H2,1H3,(H,18,19). The average Bonchev–Trinajstić information content (AvgIpc) is 3.11. The molecule has 0 unspecified atom stereocenters. The molecule has 7 heteroatoms. The van der Waals surface area contributed by atoms with Crippen LogP contribution in [0.25, 0.3) is 0 Å². The summed E-state index contributed by atoms with van der Waals surface area (Å²) in [4.78, 5) is 25.8. The van der Waals surface area contributed by atoms with Crippen LogP contribution in [0.4, 0.5) is 0 Å². The van der Waals surface area contributed by atoms with Gasteiger partial charge in [0, 0.05) is 6.20 Å². The van der Waals surface area contributed by atoms with E-state index < -0.39 is 11.9 Å². The predicted molar refractivity (Wildman–Crippen MR) is 82.6 cm³/mol. The molecule has 0 saturated heterocycles. The molecule has 7 nitrogen and oxygen atoms in total. The monoisotopic (exact) mass is 318 g/mol. The lowest BCUT2D eigenvalue weighted by Crippen LogP contribution is -2.32. The number of aromatic amines is 1. The molecule has 122 valence electrons. The third-order valence-corrected chi connectivity index (χ3v) is 2.90. The molecule has 0 saturated carbocycles. The molecule has 0 atom stereocenters. The van der Waals surface area contributed by atoms with Crippen molar-refractivity contribution in [3.63, 3.8) is 0 Å². The highest BCUT2D eigenvalue weighted by Gasteiger charge is 2.10. The zero-order valence-electron chi connectivity index (χ0n) is 12.7. The van der Waals surface area contributed by atoms with Crippen LogP contribution in [0.5, 0.6) is 11.5 Å². The number of nitrogens with one attached hydrogen (secondary N) is 2. The van der Waals surface area contributed by atoms with Gasteiger partial charge in [0.1, 0.15) is 12.3 Å². The Balaban J connectivity index is 1.64. The highest BCUT2D eigenvalue weighted by atomic mass is 16.5. The second-order valence-corrected chi connectivity index (χ2v) is 4.51. The summed E-state index contributed by atoms with van der Waals surface area (Å²) in [7, 11) is 1.56. The zero-order valence-corrected chi connectivity index (χ0v) is 12.7. The van der Waals surface area contributed by atoms with Gasteiger partial charge >= 0.3 is 5.97 Å². The van der Waals surface area contributed by atoms with Crippen LogP contribution >= 0.6 is 0 Å². The largest absolute Gasteiger partial charge is 0.493 e. The quantitative estimate of drug-likeness (QED) is 0.567. The summed E-state index contributed by atoms with van der Waals surface area (Å²) in [6.07, 6.45) is 1.60. The van der Waals surface area contributed by atoms with Crippen molar-refractivity contribution in [2.24, 2.45) is 0 Å². The van der Waals surface area contributed by atoms with Gasteiger partial charge in [-0.1, -0.05) is 12.1 Å². The molecule has 0 aliphatic carbocycles. The second kappa shape index (κ2) is 8.47. The minimum Gasteiger partial charge on any atom is -0.493 e. The molecule has 0 aliphatic rings. The number of rotatable bonds is 8. The number of H-pyrrole nitrogens is 1. The number of para-hydroxylation sites is 2. The van der Waals surface area contributed by atoms with Crippen molar-refractivity contribution in [3.05, 3.63) is 48.3 Å². The van der Waals surface area contributed by atoms with Crippen LogP contribution in [0, 0.1) is 0 Å². The number of amides is 1. The van der Waals surface area contributed by atoms with Crippen LogP contribution in [0.3, 0.4) is 0 Å². The van der Waals surface area contributed by atoms with Gasteiger partial charge in [-0.25, -0.2) is 4.79 Å². The van der Waals surface area contributed by atoms with E-state index in [2.05, 4.69) is 10.3 Å². The van der Waals surface area contributed by atoms with Crippen LogP contribution in [-0.4, -0.2) is 43.7 Å². The molecule has 1 heterocycles. The molecule has 1 amide bonds. The van der Waals surface area contributed by atoms with Crippen molar-refractivity contribution in [1.82, 2.24) is 10.3 Å². The molecule has 0 bridgehead atoms. The summed E-state index contributed by atoms with van der Waals surface area (Å²) in [5.74, 6) is 0.255. The lowest BCUT2D eigenvalue weighted by Gasteiger charge is -2.10. The maximum absolute atomic E-state index is 11.6. The maximum atomic E-state index is 11.6. The van der Waals surface area contributed by atoms with Gasteiger partial charge < -0.3 is 24.5 Å². The first kappa shape index (κ1) is 16.4. The molecule has 2 rings (SSSR count). The van der Waals surface area contributed by atoms with E-state index in [0.29, 0.717) is 17.2 Å². The van der Waals surface area contributed by atoms with Crippen LogP contribution in [0.2, 0.25) is 0 Å². The summed E-state index contributed by atoms with van der Waals surface area (Å²) in [5, 5.41) is 2.60. The van der Waals surface area contributed by atoms with E-state index in [1.807, 2.05) is 12.1 Å². The number of methoxy groups -OCH3 is 1. The van der Waals surface area contributed by atoms with E-state index in [4.69, 9.17) is 14.2 Å². The lowest BCUT2D eigenvalue weighted by molar-refractivity contribution is -0.124. The SMILES string of the molecule is COc1ccccc1OCCNC(=O)COC(=O)c1ccc[nH]1. The average molecular weight is 318 g/mol. The maximum Gasteiger partial charge on any atom is 0.355 e. The van der Waals surface area contributed by atoms with Gasteiger partial charge in [-0.3, -0.25) is 4.79 Å². The Labute approximate surface area is 133 Å². The first-order valence-electron chi connectivity index (χ1n) is 7.03. The molecule has 1 aromatic heterocycles. The minimum absolute atomic E-state index is 0.274. The number of carbonyl (C=O) groups excluding carboxylic acids is 2. The Bertz CT molecular complexity index is 640. The smallest absolute Gasteiger partial charge is 0.355 e. The zero-order chi connectivity index (χ0) is 16.5. The van der Waals surface area contributed by atoms with E-state index in [1.165, 1.54) is 0 Å². The molecule has 2 N–H and O–H groups in total. The van der Waals surface area contributed by atoms with Gasteiger partial charge in [-0.2, -0.15) is 0 Å². The number of ether oxygens (including phenoxy) is 3. The van der Waals surface area contributed by atoms with Gasteiger partial charge in [0.05, 0.1) is 13.7 Å². The fourth-order valence-corrected chi connectivity index (χ4v) is 1.81. The molecular formula is C16H18N2O5. The molecule has 0 spiro atoms. The summed E-state index contributed by atoms with van der Waals surface area (Å²) < 4.78 is 15.5. The predicted octanol–water partition coefficient (Wildman–Crippen LogP) is 1.38. The van der Waals surface area contributed by atoms with Gasteiger partial charge in [-0.15, -0.1) is 0 Å². The molecule has 1 aromatic carbocycles. The number of esters is 1. The van der Waals surface area contributed by atoms with Crippen LogP contribution in [-0.2, 0) is 9.53 Å². The summed E-state index contributed by atoms with van der Waals surface area (Å²) in [5.41, 5.74) is 0.303. The van der Waals surface area contributed by atoms with Gasteiger partial charge in [0.2, 0.25) is 0 Å². The van der Waals surface area contributed by atoms with Gasteiger partial charge in [0.25, 0.3) is 5.91 Å². The first-order valence-corrected chi connectivity index (χ1v) is 7.03. The van der Waals surface area contributed by atoms with Gasteiger partial charge in [0.15, 0.2) is 18.1 Å². The van der Waals surface area contributed by atoms with Crippen molar-refractivity contribution in [1.29, 1.82) is 0 Å². The van der Waals surface area contributed by atoms with Crippen molar-refractivity contribution in [2.75, 3.05) is 26.9 Å².